The van der Waals surface area contributed by atoms with Crippen molar-refractivity contribution in [1.82, 2.24) is 10.2 Å². The van der Waals surface area contributed by atoms with Gasteiger partial charge in [0.25, 0.3) is 5.91 Å². The smallest absolute Gasteiger partial charge is 0.251 e. The third-order valence-corrected chi connectivity index (χ3v) is 5.68. The van der Waals surface area contributed by atoms with Crippen LogP contribution in [0.15, 0.2) is 42.5 Å². The lowest BCUT2D eigenvalue weighted by Crippen LogP contribution is -2.43. The first-order valence-corrected chi connectivity index (χ1v) is 9.55. The number of hydrogen-bond acceptors (Lipinski definition) is 3. The van der Waals surface area contributed by atoms with E-state index in [9.17, 15) is 9.18 Å². The lowest BCUT2D eigenvalue weighted by atomic mass is 10.1. The van der Waals surface area contributed by atoms with E-state index in [1.165, 1.54) is 6.07 Å². The van der Waals surface area contributed by atoms with Gasteiger partial charge in [0, 0.05) is 35.8 Å². The summed E-state index contributed by atoms with van der Waals surface area (Å²) in [5, 5.41) is 3.75. The normalized spacial score (nSPS) is 25.2. The van der Waals surface area contributed by atoms with E-state index in [1.807, 2.05) is 24.3 Å². The number of rotatable bonds is 3. The minimum Gasteiger partial charge on any atom is -0.371 e. The van der Waals surface area contributed by atoms with E-state index in [2.05, 4.69) is 10.2 Å². The first kappa shape index (κ1) is 18.4. The molecule has 2 heterocycles. The van der Waals surface area contributed by atoms with Crippen molar-refractivity contribution in [1.29, 1.82) is 0 Å². The SMILES string of the molecule is Cc1ccc(C(=O)N[C@@H]2C[C@H]3CO[C@@H](c4ccc(Cl)cc4)CN3C2)cc1F. The summed E-state index contributed by atoms with van der Waals surface area (Å²) >= 11 is 5.96. The van der Waals surface area contributed by atoms with Crippen molar-refractivity contribution in [3.8, 4) is 0 Å². The van der Waals surface area contributed by atoms with Crippen molar-refractivity contribution >= 4 is 17.5 Å². The Kier molecular flexibility index (Phi) is 5.17. The molecule has 2 aromatic carbocycles. The van der Waals surface area contributed by atoms with Crippen molar-refractivity contribution < 1.29 is 13.9 Å². The summed E-state index contributed by atoms with van der Waals surface area (Å²) in [6.07, 6.45) is 0.854. The molecule has 1 N–H and O–H groups in total. The van der Waals surface area contributed by atoms with Gasteiger partial charge in [0.2, 0.25) is 0 Å². The van der Waals surface area contributed by atoms with E-state index in [4.69, 9.17) is 16.3 Å². The molecule has 0 bridgehead atoms. The zero-order valence-electron chi connectivity index (χ0n) is 15.1. The van der Waals surface area contributed by atoms with Gasteiger partial charge in [-0.15, -0.1) is 0 Å². The molecule has 2 aliphatic heterocycles. The molecule has 0 aromatic heterocycles. The average Bonchev–Trinajstić information content (AvgIpc) is 3.06. The number of nitrogens with one attached hydrogen (secondary N) is 1. The van der Waals surface area contributed by atoms with Crippen LogP contribution in [0.5, 0.6) is 0 Å². The van der Waals surface area contributed by atoms with E-state index < -0.39 is 0 Å². The Balaban J connectivity index is 1.37. The second-order valence-electron chi connectivity index (χ2n) is 7.35. The number of hydrogen-bond donors (Lipinski definition) is 1. The highest BCUT2D eigenvalue weighted by molar-refractivity contribution is 6.30. The first-order valence-electron chi connectivity index (χ1n) is 9.18. The van der Waals surface area contributed by atoms with E-state index >= 15 is 0 Å². The molecule has 0 radical (unpaired) electrons. The summed E-state index contributed by atoms with van der Waals surface area (Å²) in [6, 6.07) is 12.7. The molecule has 3 atom stereocenters. The molecule has 0 spiro atoms. The van der Waals surface area contributed by atoms with E-state index in [0.29, 0.717) is 28.8 Å². The lowest BCUT2D eigenvalue weighted by Gasteiger charge is -2.35. The average molecular weight is 389 g/mol. The van der Waals surface area contributed by atoms with Gasteiger partial charge in [-0.3, -0.25) is 9.69 Å². The number of aryl methyl sites for hydroxylation is 1. The molecule has 2 fully saturated rings. The lowest BCUT2D eigenvalue weighted by molar-refractivity contribution is -0.0502. The van der Waals surface area contributed by atoms with Gasteiger partial charge < -0.3 is 10.1 Å². The molecule has 27 heavy (non-hydrogen) atoms. The summed E-state index contributed by atoms with van der Waals surface area (Å²) in [6.45, 7) is 3.89. The molecule has 4 nitrogen and oxygen atoms in total. The summed E-state index contributed by atoms with van der Waals surface area (Å²) in [5.74, 6) is -0.584. The Labute approximate surface area is 163 Å². The van der Waals surface area contributed by atoms with E-state index in [0.717, 1.165) is 25.1 Å². The number of nitrogens with zero attached hydrogens (tertiary/aromatic N) is 1. The van der Waals surface area contributed by atoms with Crippen LogP contribution >= 0.6 is 11.6 Å². The Bertz CT molecular complexity index is 843. The monoisotopic (exact) mass is 388 g/mol. The Hall–Kier alpha value is -1.95. The van der Waals surface area contributed by atoms with Crippen LogP contribution in [0.2, 0.25) is 5.02 Å². The van der Waals surface area contributed by atoms with Crippen molar-refractivity contribution in [2.45, 2.75) is 31.5 Å². The predicted molar refractivity (Wildman–Crippen MR) is 103 cm³/mol. The van der Waals surface area contributed by atoms with E-state index in [-0.39, 0.29) is 23.9 Å². The topological polar surface area (TPSA) is 41.6 Å². The predicted octanol–water partition coefficient (Wildman–Crippen LogP) is 3.73. The van der Waals surface area contributed by atoms with Crippen LogP contribution in [-0.4, -0.2) is 42.6 Å². The van der Waals surface area contributed by atoms with Crippen LogP contribution < -0.4 is 5.32 Å². The third kappa shape index (κ3) is 4.00. The van der Waals surface area contributed by atoms with Gasteiger partial charge in [0.15, 0.2) is 0 Å². The largest absolute Gasteiger partial charge is 0.371 e. The number of carbonyl (C=O) groups excluding carboxylic acids is 1. The van der Waals surface area contributed by atoms with Crippen LogP contribution in [0.4, 0.5) is 4.39 Å². The fourth-order valence-corrected chi connectivity index (χ4v) is 3.99. The number of halogens is 2. The maximum Gasteiger partial charge on any atom is 0.251 e. The second-order valence-corrected chi connectivity index (χ2v) is 7.79. The maximum absolute atomic E-state index is 13.7. The molecule has 142 valence electrons. The Morgan fingerprint density at radius 2 is 2.00 bits per heavy atom. The van der Waals surface area contributed by atoms with Gasteiger partial charge in [-0.1, -0.05) is 29.8 Å². The molecular formula is C21H22ClFN2O2. The number of ether oxygens (including phenoxy) is 1. The zero-order chi connectivity index (χ0) is 19.0. The summed E-state index contributed by atoms with van der Waals surface area (Å²) in [4.78, 5) is 14.8. The number of morpholine rings is 1. The van der Waals surface area contributed by atoms with Gasteiger partial charge in [-0.25, -0.2) is 4.39 Å². The highest BCUT2D eigenvalue weighted by atomic mass is 35.5. The highest BCUT2D eigenvalue weighted by Gasteiger charge is 2.38. The van der Waals surface area contributed by atoms with Crippen LogP contribution in [-0.2, 0) is 4.74 Å². The minimum absolute atomic E-state index is 0.0131. The molecule has 1 amide bonds. The van der Waals surface area contributed by atoms with Crippen LogP contribution in [0, 0.1) is 12.7 Å². The van der Waals surface area contributed by atoms with Crippen LogP contribution in [0.1, 0.15) is 34.0 Å². The quantitative estimate of drug-likeness (QED) is 0.871. The van der Waals surface area contributed by atoms with Crippen molar-refractivity contribution in [2.75, 3.05) is 19.7 Å². The molecule has 2 saturated heterocycles. The standard InChI is InChI=1S/C21H22ClFN2O2/c1-13-2-3-15(8-19(13)23)21(26)24-17-9-18-12-27-20(11-25(18)10-17)14-4-6-16(22)7-5-14/h2-8,17-18,20H,9-12H2,1H3,(H,24,26)/t17-,18+,20-/m1/s1. The molecule has 4 rings (SSSR count). The Morgan fingerprint density at radius 3 is 2.74 bits per heavy atom. The molecule has 2 aliphatic rings. The van der Waals surface area contributed by atoms with Crippen LogP contribution in [0.25, 0.3) is 0 Å². The molecular weight excluding hydrogens is 367 g/mol. The maximum atomic E-state index is 13.7. The summed E-state index contributed by atoms with van der Waals surface area (Å²) in [7, 11) is 0. The van der Waals surface area contributed by atoms with Gasteiger partial charge in [-0.2, -0.15) is 0 Å². The molecule has 0 aliphatic carbocycles. The second kappa shape index (κ2) is 7.58. The number of amides is 1. The van der Waals surface area contributed by atoms with Crippen molar-refractivity contribution in [3.05, 3.63) is 70.0 Å². The van der Waals surface area contributed by atoms with E-state index in [1.54, 1.807) is 19.1 Å². The Morgan fingerprint density at radius 1 is 1.22 bits per heavy atom. The summed E-state index contributed by atoms with van der Waals surface area (Å²) in [5.41, 5.74) is 2.01. The fourth-order valence-electron chi connectivity index (χ4n) is 3.86. The van der Waals surface area contributed by atoms with Crippen LogP contribution in [0.3, 0.4) is 0 Å². The minimum atomic E-state index is -0.356. The number of carbonyl (C=O) groups is 1. The molecule has 0 unspecified atom stereocenters. The molecule has 6 heteroatoms. The summed E-state index contributed by atoms with van der Waals surface area (Å²) < 4.78 is 19.7. The van der Waals surface area contributed by atoms with Gasteiger partial charge in [0.05, 0.1) is 12.7 Å². The molecule has 2 aromatic rings. The number of fused-ring (bicyclic) bond motifs is 1. The molecule has 0 saturated carbocycles. The van der Waals surface area contributed by atoms with Crippen molar-refractivity contribution in [3.63, 3.8) is 0 Å². The van der Waals surface area contributed by atoms with Gasteiger partial charge >= 0.3 is 0 Å². The number of benzene rings is 2. The van der Waals surface area contributed by atoms with Gasteiger partial charge in [0.1, 0.15) is 5.82 Å². The highest BCUT2D eigenvalue weighted by Crippen LogP contribution is 2.31. The fraction of sp³-hybridized carbons (Fsp3) is 0.381. The zero-order valence-corrected chi connectivity index (χ0v) is 15.9. The van der Waals surface area contributed by atoms with Crippen molar-refractivity contribution in [2.24, 2.45) is 0 Å². The third-order valence-electron chi connectivity index (χ3n) is 5.43. The first-order chi connectivity index (χ1) is 13.0. The van der Waals surface area contributed by atoms with Gasteiger partial charge in [-0.05, 0) is 48.7 Å².